The Morgan fingerprint density at radius 1 is 1.00 bits per heavy atom. The largest absolute Gasteiger partial charge is 0.350 e. The van der Waals surface area contributed by atoms with Crippen molar-refractivity contribution in [2.75, 3.05) is 0 Å². The van der Waals surface area contributed by atoms with Crippen molar-refractivity contribution in [2.24, 2.45) is 0 Å². The summed E-state index contributed by atoms with van der Waals surface area (Å²) in [5, 5.41) is 0. The summed E-state index contributed by atoms with van der Waals surface area (Å²) >= 11 is 0. The summed E-state index contributed by atoms with van der Waals surface area (Å²) in [6.07, 6.45) is 1.74. The van der Waals surface area contributed by atoms with Crippen molar-refractivity contribution in [3.05, 3.63) is 0 Å². The van der Waals surface area contributed by atoms with Gasteiger partial charge < -0.3 is 9.47 Å². The Hall–Kier alpha value is -0.0800. The first kappa shape index (κ1) is 7.03. The highest BCUT2D eigenvalue weighted by Gasteiger charge is 2.20. The molecule has 0 aromatic heterocycles. The minimum absolute atomic E-state index is 0.0104. The van der Waals surface area contributed by atoms with Crippen LogP contribution in [0.5, 0.6) is 0 Å². The Morgan fingerprint density at radius 2 is 1.44 bits per heavy atom. The van der Waals surface area contributed by atoms with Gasteiger partial charge in [0.05, 0.1) is 12.2 Å². The molecule has 1 aliphatic rings. The maximum atomic E-state index is 5.33. The molecule has 0 aromatic rings. The van der Waals surface area contributed by atoms with Gasteiger partial charge in [0, 0.05) is 0 Å². The SMILES string of the molecule is CC1O[C@H](C)C[C@H](C)O1. The van der Waals surface area contributed by atoms with Gasteiger partial charge in [-0.25, -0.2) is 0 Å². The van der Waals surface area contributed by atoms with E-state index in [2.05, 4.69) is 13.8 Å². The molecule has 0 bridgehead atoms. The molecule has 1 aliphatic heterocycles. The smallest absolute Gasteiger partial charge is 0.155 e. The molecule has 0 saturated carbocycles. The van der Waals surface area contributed by atoms with Gasteiger partial charge in [-0.3, -0.25) is 0 Å². The molecule has 9 heavy (non-hydrogen) atoms. The zero-order chi connectivity index (χ0) is 6.85. The van der Waals surface area contributed by atoms with E-state index in [1.165, 1.54) is 0 Å². The highest BCUT2D eigenvalue weighted by Crippen LogP contribution is 2.16. The Bertz CT molecular complexity index is 67.9. The summed E-state index contributed by atoms with van der Waals surface area (Å²) in [7, 11) is 0. The van der Waals surface area contributed by atoms with Crippen LogP contribution in [0, 0.1) is 0 Å². The van der Waals surface area contributed by atoms with Crippen LogP contribution in [0.1, 0.15) is 27.2 Å². The molecule has 1 fully saturated rings. The van der Waals surface area contributed by atoms with Gasteiger partial charge in [0.25, 0.3) is 0 Å². The van der Waals surface area contributed by atoms with Crippen molar-refractivity contribution < 1.29 is 9.47 Å². The topological polar surface area (TPSA) is 18.5 Å². The van der Waals surface area contributed by atoms with E-state index in [0.717, 1.165) is 6.42 Å². The Kier molecular flexibility index (Phi) is 2.09. The van der Waals surface area contributed by atoms with Crippen molar-refractivity contribution in [1.29, 1.82) is 0 Å². The van der Waals surface area contributed by atoms with E-state index in [4.69, 9.17) is 9.47 Å². The van der Waals surface area contributed by atoms with Gasteiger partial charge in [-0.2, -0.15) is 0 Å². The molecule has 0 amide bonds. The summed E-state index contributed by atoms with van der Waals surface area (Å²) in [5.74, 6) is 0. The van der Waals surface area contributed by atoms with Crippen LogP contribution in [0.4, 0.5) is 0 Å². The predicted molar refractivity (Wildman–Crippen MR) is 35.2 cm³/mol. The van der Waals surface area contributed by atoms with E-state index in [1.54, 1.807) is 0 Å². The molecule has 3 atom stereocenters. The van der Waals surface area contributed by atoms with Gasteiger partial charge in [0.2, 0.25) is 0 Å². The second-order valence-electron chi connectivity index (χ2n) is 2.70. The molecule has 1 saturated heterocycles. The fraction of sp³-hybridized carbons (Fsp3) is 1.00. The lowest BCUT2D eigenvalue weighted by molar-refractivity contribution is -0.224. The molecule has 2 nitrogen and oxygen atoms in total. The molecule has 0 aliphatic carbocycles. The van der Waals surface area contributed by atoms with E-state index in [9.17, 15) is 0 Å². The minimum atomic E-state index is -0.0104. The van der Waals surface area contributed by atoms with Gasteiger partial charge in [-0.15, -0.1) is 0 Å². The third-order valence-corrected chi connectivity index (χ3v) is 1.51. The maximum absolute atomic E-state index is 5.33. The number of ether oxygens (including phenoxy) is 2. The van der Waals surface area contributed by atoms with Crippen LogP contribution in [0.3, 0.4) is 0 Å². The van der Waals surface area contributed by atoms with Crippen LogP contribution in [0.15, 0.2) is 0 Å². The molecule has 0 spiro atoms. The zero-order valence-corrected chi connectivity index (χ0v) is 6.26. The monoisotopic (exact) mass is 130 g/mol. The second kappa shape index (κ2) is 2.67. The predicted octanol–water partition coefficient (Wildman–Crippen LogP) is 1.55. The molecular formula is C7H14O2. The lowest BCUT2D eigenvalue weighted by atomic mass is 10.2. The minimum Gasteiger partial charge on any atom is -0.350 e. The molecular weight excluding hydrogens is 116 g/mol. The van der Waals surface area contributed by atoms with Crippen molar-refractivity contribution in [2.45, 2.75) is 45.7 Å². The summed E-state index contributed by atoms with van der Waals surface area (Å²) in [5.41, 5.74) is 0. The zero-order valence-electron chi connectivity index (χ0n) is 6.26. The Labute approximate surface area is 56.2 Å². The molecule has 0 radical (unpaired) electrons. The van der Waals surface area contributed by atoms with Crippen LogP contribution < -0.4 is 0 Å². The number of hydrogen-bond donors (Lipinski definition) is 0. The molecule has 54 valence electrons. The van der Waals surface area contributed by atoms with Gasteiger partial charge in [0.1, 0.15) is 0 Å². The average Bonchev–Trinajstić information content (AvgIpc) is 1.59. The van der Waals surface area contributed by atoms with Crippen LogP contribution in [-0.4, -0.2) is 18.5 Å². The van der Waals surface area contributed by atoms with Gasteiger partial charge in [-0.05, 0) is 27.2 Å². The summed E-state index contributed by atoms with van der Waals surface area (Å²) < 4.78 is 10.7. The van der Waals surface area contributed by atoms with Gasteiger partial charge in [0.15, 0.2) is 6.29 Å². The standard InChI is InChI=1S/C7H14O2/c1-5-4-6(2)9-7(3)8-5/h5-7H,4H2,1-3H3/t5-,6+,7?. The maximum Gasteiger partial charge on any atom is 0.155 e. The van der Waals surface area contributed by atoms with Crippen LogP contribution >= 0.6 is 0 Å². The highest BCUT2D eigenvalue weighted by atomic mass is 16.7. The third-order valence-electron chi connectivity index (χ3n) is 1.51. The first-order valence-corrected chi connectivity index (χ1v) is 3.49. The average molecular weight is 130 g/mol. The van der Waals surface area contributed by atoms with Crippen LogP contribution in [0.25, 0.3) is 0 Å². The third kappa shape index (κ3) is 1.95. The van der Waals surface area contributed by atoms with Crippen molar-refractivity contribution in [1.82, 2.24) is 0 Å². The van der Waals surface area contributed by atoms with Gasteiger partial charge in [-0.1, -0.05) is 0 Å². The lowest BCUT2D eigenvalue weighted by Gasteiger charge is -2.30. The fourth-order valence-electron chi connectivity index (χ4n) is 1.26. The van der Waals surface area contributed by atoms with Gasteiger partial charge >= 0.3 is 0 Å². The molecule has 0 N–H and O–H groups in total. The first-order valence-electron chi connectivity index (χ1n) is 3.49. The molecule has 2 heteroatoms. The quantitative estimate of drug-likeness (QED) is 0.495. The molecule has 1 unspecified atom stereocenters. The second-order valence-corrected chi connectivity index (χ2v) is 2.70. The van der Waals surface area contributed by atoms with Crippen molar-refractivity contribution in [3.8, 4) is 0 Å². The number of rotatable bonds is 0. The molecule has 1 rings (SSSR count). The summed E-state index contributed by atoms with van der Waals surface area (Å²) in [4.78, 5) is 0. The Balaban J connectivity index is 2.34. The highest BCUT2D eigenvalue weighted by molar-refractivity contribution is 4.62. The molecule has 0 aromatic carbocycles. The summed E-state index contributed by atoms with van der Waals surface area (Å²) in [6.45, 7) is 6.09. The fourth-order valence-corrected chi connectivity index (χ4v) is 1.26. The Morgan fingerprint density at radius 3 is 1.78 bits per heavy atom. The van der Waals surface area contributed by atoms with Crippen LogP contribution in [-0.2, 0) is 9.47 Å². The van der Waals surface area contributed by atoms with E-state index in [0.29, 0.717) is 12.2 Å². The van der Waals surface area contributed by atoms with E-state index in [-0.39, 0.29) is 6.29 Å². The van der Waals surface area contributed by atoms with E-state index < -0.39 is 0 Å². The van der Waals surface area contributed by atoms with Crippen LogP contribution in [0.2, 0.25) is 0 Å². The normalized spacial score (nSPS) is 45.0. The van der Waals surface area contributed by atoms with Crippen molar-refractivity contribution >= 4 is 0 Å². The first-order chi connectivity index (χ1) is 4.18. The van der Waals surface area contributed by atoms with E-state index in [1.807, 2.05) is 6.92 Å². The van der Waals surface area contributed by atoms with E-state index >= 15 is 0 Å². The lowest BCUT2D eigenvalue weighted by Crippen LogP contribution is -2.33. The number of hydrogen-bond acceptors (Lipinski definition) is 2. The molecule has 1 heterocycles. The van der Waals surface area contributed by atoms with Crippen molar-refractivity contribution in [3.63, 3.8) is 0 Å². The summed E-state index contributed by atoms with van der Waals surface area (Å²) in [6, 6.07) is 0.